The summed E-state index contributed by atoms with van der Waals surface area (Å²) in [4.78, 5) is 4.59. The van der Waals surface area contributed by atoms with Crippen molar-refractivity contribution in [1.29, 1.82) is 0 Å². The van der Waals surface area contributed by atoms with Gasteiger partial charge in [0, 0.05) is 11.3 Å². The Bertz CT molecular complexity index is 514. The van der Waals surface area contributed by atoms with Gasteiger partial charge >= 0.3 is 0 Å². The summed E-state index contributed by atoms with van der Waals surface area (Å²) < 4.78 is 1.69. The van der Waals surface area contributed by atoms with Crippen LogP contribution in [0.5, 0.6) is 0 Å². The average Bonchev–Trinajstić information content (AvgIpc) is 2.92. The molecule has 3 nitrogen and oxygen atoms in total. The Morgan fingerprint density at radius 3 is 3.07 bits per heavy atom. The zero-order chi connectivity index (χ0) is 10.4. The average molecular weight is 222 g/mol. The summed E-state index contributed by atoms with van der Waals surface area (Å²) in [7, 11) is 0. The van der Waals surface area contributed by atoms with Crippen molar-refractivity contribution in [3.05, 3.63) is 28.7 Å². The SMILES string of the molecule is Cc1cnn2c(Cl)cc(CC3CC3)nc12. The van der Waals surface area contributed by atoms with E-state index in [2.05, 4.69) is 10.1 Å². The molecule has 0 atom stereocenters. The van der Waals surface area contributed by atoms with Crippen molar-refractivity contribution in [2.75, 3.05) is 0 Å². The van der Waals surface area contributed by atoms with Gasteiger partial charge in [0.25, 0.3) is 0 Å². The Morgan fingerprint density at radius 1 is 1.53 bits per heavy atom. The lowest BCUT2D eigenvalue weighted by Gasteiger charge is -2.02. The molecule has 78 valence electrons. The third kappa shape index (κ3) is 1.61. The second-order valence-corrected chi connectivity index (χ2v) is 4.67. The summed E-state index contributed by atoms with van der Waals surface area (Å²) >= 11 is 6.14. The number of halogens is 1. The molecular formula is C11H12ClN3. The van der Waals surface area contributed by atoms with Crippen LogP contribution in [0.2, 0.25) is 5.15 Å². The Morgan fingerprint density at radius 2 is 2.33 bits per heavy atom. The maximum absolute atomic E-state index is 6.14. The molecule has 1 fully saturated rings. The highest BCUT2D eigenvalue weighted by Gasteiger charge is 2.22. The molecule has 2 heterocycles. The van der Waals surface area contributed by atoms with Crippen LogP contribution in [0.15, 0.2) is 12.3 Å². The quantitative estimate of drug-likeness (QED) is 0.730. The molecule has 0 radical (unpaired) electrons. The number of aromatic nitrogens is 3. The van der Waals surface area contributed by atoms with E-state index in [1.807, 2.05) is 13.0 Å². The lowest BCUT2D eigenvalue weighted by molar-refractivity contribution is 0.795. The molecule has 4 heteroatoms. The second-order valence-electron chi connectivity index (χ2n) is 4.28. The predicted octanol–water partition coefficient (Wildman–Crippen LogP) is 2.64. The highest BCUT2D eigenvalue weighted by Crippen LogP contribution is 2.32. The van der Waals surface area contributed by atoms with E-state index in [9.17, 15) is 0 Å². The molecule has 1 saturated carbocycles. The lowest BCUT2D eigenvalue weighted by Crippen LogP contribution is -1.98. The van der Waals surface area contributed by atoms with Crippen molar-refractivity contribution < 1.29 is 0 Å². The van der Waals surface area contributed by atoms with Crippen LogP contribution in [0, 0.1) is 12.8 Å². The van der Waals surface area contributed by atoms with Gasteiger partial charge in [-0.05, 0) is 38.2 Å². The molecule has 2 aromatic rings. The summed E-state index contributed by atoms with van der Waals surface area (Å²) in [5.74, 6) is 0.833. The van der Waals surface area contributed by atoms with Crippen molar-refractivity contribution in [3.8, 4) is 0 Å². The van der Waals surface area contributed by atoms with Crippen LogP contribution in [-0.4, -0.2) is 14.6 Å². The van der Waals surface area contributed by atoms with Crippen molar-refractivity contribution in [3.63, 3.8) is 0 Å². The summed E-state index contributed by atoms with van der Waals surface area (Å²) in [6.45, 7) is 2.01. The Labute approximate surface area is 93.1 Å². The fourth-order valence-electron chi connectivity index (χ4n) is 1.80. The molecule has 0 aliphatic heterocycles. The van der Waals surface area contributed by atoms with Gasteiger partial charge in [0.15, 0.2) is 5.65 Å². The van der Waals surface area contributed by atoms with Crippen molar-refractivity contribution in [2.45, 2.75) is 26.2 Å². The highest BCUT2D eigenvalue weighted by atomic mass is 35.5. The van der Waals surface area contributed by atoms with E-state index in [1.165, 1.54) is 12.8 Å². The number of rotatable bonds is 2. The van der Waals surface area contributed by atoms with Gasteiger partial charge < -0.3 is 0 Å². The van der Waals surface area contributed by atoms with E-state index in [4.69, 9.17) is 11.6 Å². The molecule has 0 bridgehead atoms. The van der Waals surface area contributed by atoms with Gasteiger partial charge in [-0.2, -0.15) is 5.10 Å². The molecule has 0 unspecified atom stereocenters. The van der Waals surface area contributed by atoms with Crippen LogP contribution in [0.1, 0.15) is 24.1 Å². The molecule has 15 heavy (non-hydrogen) atoms. The van der Waals surface area contributed by atoms with Gasteiger partial charge in [0.1, 0.15) is 5.15 Å². The Kier molecular flexibility index (Phi) is 1.96. The van der Waals surface area contributed by atoms with Gasteiger partial charge in [0.2, 0.25) is 0 Å². The molecule has 0 aromatic carbocycles. The zero-order valence-corrected chi connectivity index (χ0v) is 9.33. The lowest BCUT2D eigenvalue weighted by atomic mass is 10.2. The third-order valence-corrected chi connectivity index (χ3v) is 3.12. The van der Waals surface area contributed by atoms with E-state index in [0.29, 0.717) is 5.15 Å². The van der Waals surface area contributed by atoms with E-state index < -0.39 is 0 Å². The van der Waals surface area contributed by atoms with Crippen LogP contribution in [0.3, 0.4) is 0 Å². The minimum Gasteiger partial charge on any atom is -0.233 e. The maximum Gasteiger partial charge on any atom is 0.159 e. The van der Waals surface area contributed by atoms with Gasteiger partial charge in [-0.15, -0.1) is 0 Å². The van der Waals surface area contributed by atoms with Crippen LogP contribution in [0.25, 0.3) is 5.65 Å². The van der Waals surface area contributed by atoms with E-state index in [0.717, 1.165) is 29.2 Å². The molecule has 0 spiro atoms. The first-order chi connectivity index (χ1) is 7.24. The maximum atomic E-state index is 6.14. The summed E-state index contributed by atoms with van der Waals surface area (Å²) in [5.41, 5.74) is 3.06. The number of hydrogen-bond donors (Lipinski definition) is 0. The molecular weight excluding hydrogens is 210 g/mol. The van der Waals surface area contributed by atoms with Crippen molar-refractivity contribution >= 4 is 17.2 Å². The van der Waals surface area contributed by atoms with Crippen molar-refractivity contribution in [2.24, 2.45) is 5.92 Å². The van der Waals surface area contributed by atoms with Gasteiger partial charge in [-0.3, -0.25) is 0 Å². The van der Waals surface area contributed by atoms with Crippen LogP contribution in [0.4, 0.5) is 0 Å². The number of hydrogen-bond acceptors (Lipinski definition) is 2. The molecule has 0 N–H and O–H groups in total. The third-order valence-electron chi connectivity index (χ3n) is 2.85. The molecule has 1 aliphatic carbocycles. The first-order valence-electron chi connectivity index (χ1n) is 5.24. The smallest absolute Gasteiger partial charge is 0.159 e. The fraction of sp³-hybridized carbons (Fsp3) is 0.455. The van der Waals surface area contributed by atoms with Gasteiger partial charge in [-0.1, -0.05) is 11.6 Å². The highest BCUT2D eigenvalue weighted by molar-refractivity contribution is 6.29. The minimum atomic E-state index is 0.656. The summed E-state index contributed by atoms with van der Waals surface area (Å²) in [6, 6.07) is 1.93. The van der Waals surface area contributed by atoms with Gasteiger partial charge in [0.05, 0.1) is 6.20 Å². The first kappa shape index (κ1) is 9.16. The summed E-state index contributed by atoms with van der Waals surface area (Å²) in [6.07, 6.45) is 5.53. The molecule has 3 rings (SSSR count). The first-order valence-corrected chi connectivity index (χ1v) is 5.61. The summed E-state index contributed by atoms with van der Waals surface area (Å²) in [5, 5.41) is 4.83. The van der Waals surface area contributed by atoms with Crippen molar-refractivity contribution in [1.82, 2.24) is 14.6 Å². The van der Waals surface area contributed by atoms with Crippen LogP contribution < -0.4 is 0 Å². The standard InChI is InChI=1S/C11H12ClN3/c1-7-6-13-15-10(12)5-9(14-11(7)15)4-8-2-3-8/h5-6,8H,2-4H2,1H3. The van der Waals surface area contributed by atoms with E-state index in [-0.39, 0.29) is 0 Å². The van der Waals surface area contributed by atoms with E-state index >= 15 is 0 Å². The minimum absolute atomic E-state index is 0.656. The van der Waals surface area contributed by atoms with Crippen LogP contribution in [-0.2, 0) is 6.42 Å². The molecule has 0 amide bonds. The van der Waals surface area contributed by atoms with Crippen LogP contribution >= 0.6 is 11.6 Å². The van der Waals surface area contributed by atoms with Gasteiger partial charge in [-0.25, -0.2) is 9.50 Å². The molecule has 1 aliphatic rings. The number of fused-ring (bicyclic) bond motifs is 1. The normalized spacial score (nSPS) is 16.1. The topological polar surface area (TPSA) is 30.2 Å². The van der Waals surface area contributed by atoms with E-state index in [1.54, 1.807) is 10.7 Å². The zero-order valence-electron chi connectivity index (χ0n) is 8.57. The second kappa shape index (κ2) is 3.20. The predicted molar refractivity (Wildman–Crippen MR) is 59.2 cm³/mol. The number of aryl methyl sites for hydroxylation is 1. The Balaban J connectivity index is 2.11. The molecule has 0 saturated heterocycles. The largest absolute Gasteiger partial charge is 0.233 e. The molecule has 2 aromatic heterocycles. The Hall–Kier alpha value is -1.09. The monoisotopic (exact) mass is 221 g/mol. The fourth-order valence-corrected chi connectivity index (χ4v) is 2.05. The number of nitrogens with zero attached hydrogens (tertiary/aromatic N) is 3.